The molecule has 0 fully saturated rings. The third kappa shape index (κ3) is 1.62. The van der Waals surface area contributed by atoms with Gasteiger partial charge in [-0.25, -0.2) is 4.39 Å². The number of aliphatic hydroxyl groups is 1. The highest BCUT2D eigenvalue weighted by atomic mass is 19.1. The minimum absolute atomic E-state index is 0.149. The molecule has 0 amide bonds. The molecule has 0 aliphatic rings. The molecule has 92 valence electrons. The number of aliphatic hydroxyl groups excluding tert-OH is 1. The Morgan fingerprint density at radius 1 is 1.28 bits per heavy atom. The fourth-order valence-corrected chi connectivity index (χ4v) is 1.98. The second-order valence-electron chi connectivity index (χ2n) is 4.18. The number of aryl methyl sites for hydroxylation is 1. The van der Waals surface area contributed by atoms with Crippen molar-refractivity contribution in [3.8, 4) is 0 Å². The van der Waals surface area contributed by atoms with Crippen molar-refractivity contribution < 1.29 is 18.3 Å². The molecular weight excluding hydrogens is 235 g/mol. The summed E-state index contributed by atoms with van der Waals surface area (Å²) in [5.74, 6) is 0.240. The van der Waals surface area contributed by atoms with Gasteiger partial charge in [-0.3, -0.25) is 0 Å². The number of benzene rings is 1. The molecule has 18 heavy (non-hydrogen) atoms. The third-order valence-electron chi connectivity index (χ3n) is 2.93. The molecule has 0 aliphatic heterocycles. The average molecular weight is 246 g/mol. The number of fused-ring (bicyclic) bond motifs is 1. The van der Waals surface area contributed by atoms with E-state index >= 15 is 0 Å². The lowest BCUT2D eigenvalue weighted by molar-refractivity contribution is 0.163. The Bertz CT molecular complexity index is 696. The predicted molar refractivity (Wildman–Crippen MR) is 63.7 cm³/mol. The van der Waals surface area contributed by atoms with Crippen LogP contribution in [0.4, 0.5) is 4.39 Å². The van der Waals surface area contributed by atoms with E-state index in [1.54, 1.807) is 24.3 Å². The summed E-state index contributed by atoms with van der Waals surface area (Å²) in [6.07, 6.45) is 0.476. The topological polar surface area (TPSA) is 46.5 Å². The lowest BCUT2D eigenvalue weighted by atomic mass is 10.1. The van der Waals surface area contributed by atoms with Crippen molar-refractivity contribution in [2.24, 2.45) is 0 Å². The van der Waals surface area contributed by atoms with Crippen LogP contribution in [-0.4, -0.2) is 5.11 Å². The second-order valence-corrected chi connectivity index (χ2v) is 4.18. The standard InChI is InChI=1S/C14H11FO3/c1-8-5-6-17-13(8)12(16)11-7-9-3-2-4-10(15)14(9)18-11/h2-7,12,16H,1H3. The highest BCUT2D eigenvalue weighted by Crippen LogP contribution is 2.31. The maximum Gasteiger partial charge on any atom is 0.170 e. The first-order valence-electron chi connectivity index (χ1n) is 5.57. The molecule has 1 atom stereocenters. The normalized spacial score (nSPS) is 13.1. The number of hydrogen-bond acceptors (Lipinski definition) is 3. The average Bonchev–Trinajstić information content (AvgIpc) is 2.95. The van der Waals surface area contributed by atoms with Gasteiger partial charge in [0.25, 0.3) is 0 Å². The molecule has 0 bridgehead atoms. The Balaban J connectivity index is 2.10. The van der Waals surface area contributed by atoms with Gasteiger partial charge in [0.2, 0.25) is 0 Å². The largest absolute Gasteiger partial charge is 0.466 e. The number of hydrogen-bond donors (Lipinski definition) is 1. The Morgan fingerprint density at radius 2 is 2.11 bits per heavy atom. The third-order valence-corrected chi connectivity index (χ3v) is 2.93. The van der Waals surface area contributed by atoms with Crippen LogP contribution >= 0.6 is 0 Å². The first-order chi connectivity index (χ1) is 8.66. The molecule has 3 rings (SSSR count). The summed E-state index contributed by atoms with van der Waals surface area (Å²) >= 11 is 0. The van der Waals surface area contributed by atoms with Gasteiger partial charge in [-0.1, -0.05) is 12.1 Å². The maximum absolute atomic E-state index is 13.5. The van der Waals surface area contributed by atoms with Gasteiger partial charge in [0.1, 0.15) is 11.5 Å². The summed E-state index contributed by atoms with van der Waals surface area (Å²) in [6.45, 7) is 1.82. The van der Waals surface area contributed by atoms with Crippen LogP contribution in [0.25, 0.3) is 11.0 Å². The number of para-hydroxylation sites is 1. The van der Waals surface area contributed by atoms with Crippen molar-refractivity contribution in [3.63, 3.8) is 0 Å². The molecule has 1 unspecified atom stereocenters. The van der Waals surface area contributed by atoms with Gasteiger partial charge in [0.05, 0.1) is 6.26 Å². The highest BCUT2D eigenvalue weighted by Gasteiger charge is 2.21. The van der Waals surface area contributed by atoms with Crippen LogP contribution < -0.4 is 0 Å². The van der Waals surface area contributed by atoms with Crippen LogP contribution in [0.5, 0.6) is 0 Å². The Labute approximate surface area is 102 Å². The van der Waals surface area contributed by atoms with E-state index in [1.807, 2.05) is 6.92 Å². The summed E-state index contributed by atoms with van der Waals surface area (Å²) in [7, 11) is 0. The monoisotopic (exact) mass is 246 g/mol. The van der Waals surface area contributed by atoms with Crippen molar-refractivity contribution in [3.05, 3.63) is 59.5 Å². The van der Waals surface area contributed by atoms with Crippen molar-refractivity contribution >= 4 is 11.0 Å². The van der Waals surface area contributed by atoms with Crippen molar-refractivity contribution in [1.82, 2.24) is 0 Å². The van der Waals surface area contributed by atoms with Crippen LogP contribution in [0, 0.1) is 12.7 Å². The van der Waals surface area contributed by atoms with Gasteiger partial charge in [0, 0.05) is 5.39 Å². The van der Waals surface area contributed by atoms with E-state index in [0.717, 1.165) is 5.56 Å². The molecule has 0 saturated heterocycles. The zero-order chi connectivity index (χ0) is 12.7. The van der Waals surface area contributed by atoms with Crippen molar-refractivity contribution in [1.29, 1.82) is 0 Å². The van der Waals surface area contributed by atoms with Crippen LogP contribution in [0.3, 0.4) is 0 Å². The Morgan fingerprint density at radius 3 is 2.78 bits per heavy atom. The van der Waals surface area contributed by atoms with Gasteiger partial charge in [-0.2, -0.15) is 0 Å². The SMILES string of the molecule is Cc1ccoc1C(O)c1cc2cccc(F)c2o1. The van der Waals surface area contributed by atoms with Gasteiger partial charge in [0.15, 0.2) is 17.5 Å². The van der Waals surface area contributed by atoms with Gasteiger partial charge in [-0.15, -0.1) is 0 Å². The van der Waals surface area contributed by atoms with Crippen molar-refractivity contribution in [2.75, 3.05) is 0 Å². The lowest BCUT2D eigenvalue weighted by Gasteiger charge is -2.04. The molecule has 2 heterocycles. The summed E-state index contributed by atoms with van der Waals surface area (Å²) in [5, 5.41) is 10.8. The first kappa shape index (κ1) is 11.0. The smallest absolute Gasteiger partial charge is 0.170 e. The van der Waals surface area contributed by atoms with E-state index in [9.17, 15) is 9.50 Å². The number of halogens is 1. The highest BCUT2D eigenvalue weighted by molar-refractivity contribution is 5.78. The Hall–Kier alpha value is -2.07. The van der Waals surface area contributed by atoms with Crippen LogP contribution in [0.2, 0.25) is 0 Å². The van der Waals surface area contributed by atoms with E-state index in [0.29, 0.717) is 11.1 Å². The second kappa shape index (κ2) is 3.99. The van der Waals surface area contributed by atoms with Crippen molar-refractivity contribution in [2.45, 2.75) is 13.0 Å². The molecule has 0 radical (unpaired) electrons. The van der Waals surface area contributed by atoms with Gasteiger partial charge < -0.3 is 13.9 Å². The molecule has 3 aromatic rings. The van der Waals surface area contributed by atoms with E-state index in [-0.39, 0.29) is 11.3 Å². The molecule has 4 heteroatoms. The molecule has 0 aliphatic carbocycles. The first-order valence-corrected chi connectivity index (χ1v) is 5.57. The predicted octanol–water partition coefficient (Wildman–Crippen LogP) is 3.56. The zero-order valence-electron chi connectivity index (χ0n) is 9.68. The summed E-state index contributed by atoms with van der Waals surface area (Å²) in [4.78, 5) is 0. The number of furan rings is 2. The molecule has 3 nitrogen and oxygen atoms in total. The maximum atomic E-state index is 13.5. The fourth-order valence-electron chi connectivity index (χ4n) is 1.98. The van der Waals surface area contributed by atoms with E-state index in [4.69, 9.17) is 8.83 Å². The molecular formula is C14H11FO3. The minimum atomic E-state index is -1.02. The van der Waals surface area contributed by atoms with Crippen LogP contribution in [0.1, 0.15) is 23.2 Å². The molecule has 1 aromatic carbocycles. The Kier molecular flexibility index (Phi) is 2.45. The molecule has 1 N–H and O–H groups in total. The van der Waals surface area contributed by atoms with E-state index in [1.165, 1.54) is 12.3 Å². The summed E-state index contributed by atoms with van der Waals surface area (Å²) < 4.78 is 24.0. The van der Waals surface area contributed by atoms with Gasteiger partial charge in [-0.05, 0) is 30.7 Å². The molecule has 2 aromatic heterocycles. The molecule has 0 saturated carbocycles. The quantitative estimate of drug-likeness (QED) is 0.752. The van der Waals surface area contributed by atoms with E-state index in [2.05, 4.69) is 0 Å². The number of rotatable bonds is 2. The van der Waals surface area contributed by atoms with Crippen LogP contribution in [0.15, 0.2) is 45.4 Å². The summed E-state index contributed by atoms with van der Waals surface area (Å²) in [5.41, 5.74) is 0.971. The van der Waals surface area contributed by atoms with Crippen LogP contribution in [-0.2, 0) is 0 Å². The fraction of sp³-hybridized carbons (Fsp3) is 0.143. The van der Waals surface area contributed by atoms with Gasteiger partial charge >= 0.3 is 0 Å². The summed E-state index contributed by atoms with van der Waals surface area (Å²) in [6, 6.07) is 8.02. The minimum Gasteiger partial charge on any atom is -0.466 e. The zero-order valence-corrected chi connectivity index (χ0v) is 9.68. The lowest BCUT2D eigenvalue weighted by Crippen LogP contribution is -1.97. The van der Waals surface area contributed by atoms with E-state index < -0.39 is 11.9 Å². The molecule has 0 spiro atoms.